The molecule has 1 aromatic rings. The average molecular weight is 340 g/mol. The number of hydrogen-bond acceptors (Lipinski definition) is 1. The highest BCUT2D eigenvalue weighted by atomic mass is 79.9. The lowest BCUT2D eigenvalue weighted by Crippen LogP contribution is -2.29. The van der Waals surface area contributed by atoms with Gasteiger partial charge in [-0.3, -0.25) is 4.79 Å². The molecule has 2 nitrogen and oxygen atoms in total. The fourth-order valence-corrected chi connectivity index (χ4v) is 3.03. The molecule has 0 aliphatic heterocycles. The van der Waals surface area contributed by atoms with Gasteiger partial charge >= 0.3 is 0 Å². The summed E-state index contributed by atoms with van der Waals surface area (Å²) in [6.07, 6.45) is 4.90. The van der Waals surface area contributed by atoms with Crippen molar-refractivity contribution in [1.82, 2.24) is 5.32 Å². The molecular weight excluding hydrogens is 314 g/mol. The van der Waals surface area contributed by atoms with Gasteiger partial charge in [0.25, 0.3) is 0 Å². The van der Waals surface area contributed by atoms with Gasteiger partial charge in [-0.2, -0.15) is 0 Å². The molecule has 1 aromatic carbocycles. The Morgan fingerprint density at radius 3 is 2.80 bits per heavy atom. The predicted octanol–water partition coefficient (Wildman–Crippen LogP) is 4.25. The molecule has 0 heterocycles. The van der Waals surface area contributed by atoms with Gasteiger partial charge in [0.15, 0.2) is 0 Å². The van der Waals surface area contributed by atoms with Crippen LogP contribution in [0.5, 0.6) is 0 Å². The van der Waals surface area contributed by atoms with E-state index in [1.54, 1.807) is 0 Å². The zero-order valence-electron chi connectivity index (χ0n) is 12.6. The number of aryl methyl sites for hydroxylation is 2. The van der Waals surface area contributed by atoms with Crippen LogP contribution in [0.25, 0.3) is 0 Å². The van der Waals surface area contributed by atoms with Crippen LogP contribution in [0, 0.1) is 12.8 Å². The monoisotopic (exact) mass is 339 g/mol. The number of nitrogens with one attached hydrogen (secondary N) is 1. The maximum Gasteiger partial charge on any atom is 0.220 e. The summed E-state index contributed by atoms with van der Waals surface area (Å²) < 4.78 is 0. The molecule has 112 valence electrons. The van der Waals surface area contributed by atoms with Crippen LogP contribution in [0.3, 0.4) is 0 Å². The maximum atomic E-state index is 11.9. The minimum atomic E-state index is 0.169. The fourth-order valence-electron chi connectivity index (χ4n) is 2.38. The first-order chi connectivity index (χ1) is 9.65. The van der Waals surface area contributed by atoms with Gasteiger partial charge in [0.05, 0.1) is 0 Å². The molecule has 20 heavy (non-hydrogen) atoms. The molecule has 1 unspecified atom stereocenters. The molecule has 1 atom stereocenters. The standard InChI is InChI=1S/C17H26BrNO/c1-3-5-16(10-11-18)13-19-17(20)9-8-15-7-4-6-14(2)12-15/h4,6-7,12,16H,3,5,8-11,13H2,1-2H3,(H,19,20). The molecule has 0 spiro atoms. The van der Waals surface area contributed by atoms with Crippen molar-refractivity contribution in [2.24, 2.45) is 5.92 Å². The molecule has 0 aliphatic rings. The molecule has 0 saturated carbocycles. The van der Waals surface area contributed by atoms with Crippen molar-refractivity contribution in [2.45, 2.75) is 46.0 Å². The van der Waals surface area contributed by atoms with E-state index in [0.29, 0.717) is 12.3 Å². The Balaban J connectivity index is 2.29. The Morgan fingerprint density at radius 2 is 2.15 bits per heavy atom. The third kappa shape index (κ3) is 7.09. The lowest BCUT2D eigenvalue weighted by Gasteiger charge is -2.15. The highest BCUT2D eigenvalue weighted by molar-refractivity contribution is 9.09. The van der Waals surface area contributed by atoms with E-state index < -0.39 is 0 Å². The van der Waals surface area contributed by atoms with Crippen molar-refractivity contribution in [2.75, 3.05) is 11.9 Å². The fraction of sp³-hybridized carbons (Fsp3) is 0.588. The summed E-state index contributed by atoms with van der Waals surface area (Å²) >= 11 is 3.48. The van der Waals surface area contributed by atoms with Gasteiger partial charge in [-0.1, -0.05) is 59.1 Å². The van der Waals surface area contributed by atoms with Crippen molar-refractivity contribution < 1.29 is 4.79 Å². The molecule has 0 bridgehead atoms. The summed E-state index contributed by atoms with van der Waals surface area (Å²) in [6, 6.07) is 8.37. The molecule has 0 fully saturated rings. The van der Waals surface area contributed by atoms with Crippen LogP contribution in [-0.2, 0) is 11.2 Å². The molecule has 1 amide bonds. The Bertz CT molecular complexity index is 400. The normalized spacial score (nSPS) is 12.2. The van der Waals surface area contributed by atoms with E-state index in [9.17, 15) is 4.79 Å². The second-order valence-corrected chi connectivity index (χ2v) is 6.22. The molecule has 0 saturated heterocycles. The number of rotatable bonds is 9. The molecular formula is C17H26BrNO. The maximum absolute atomic E-state index is 11.9. The Morgan fingerprint density at radius 1 is 1.35 bits per heavy atom. The summed E-state index contributed by atoms with van der Waals surface area (Å²) in [5.74, 6) is 0.768. The van der Waals surface area contributed by atoms with E-state index in [0.717, 1.165) is 24.7 Å². The number of benzene rings is 1. The van der Waals surface area contributed by atoms with Crippen molar-refractivity contribution >= 4 is 21.8 Å². The van der Waals surface area contributed by atoms with Gasteiger partial charge in [-0.15, -0.1) is 0 Å². The average Bonchev–Trinajstić information content (AvgIpc) is 2.43. The zero-order valence-corrected chi connectivity index (χ0v) is 14.2. The third-order valence-electron chi connectivity index (χ3n) is 3.53. The topological polar surface area (TPSA) is 29.1 Å². The van der Waals surface area contributed by atoms with Crippen LogP contribution in [0.2, 0.25) is 0 Å². The molecule has 0 aliphatic carbocycles. The van der Waals surface area contributed by atoms with Crippen molar-refractivity contribution in [1.29, 1.82) is 0 Å². The van der Waals surface area contributed by atoms with Gasteiger partial charge < -0.3 is 5.32 Å². The highest BCUT2D eigenvalue weighted by Crippen LogP contribution is 2.12. The van der Waals surface area contributed by atoms with Crippen LogP contribution >= 0.6 is 15.9 Å². The zero-order chi connectivity index (χ0) is 14.8. The number of carbonyl (C=O) groups is 1. The van der Waals surface area contributed by atoms with Crippen LogP contribution in [0.15, 0.2) is 24.3 Å². The minimum Gasteiger partial charge on any atom is -0.356 e. The first-order valence-corrected chi connectivity index (χ1v) is 8.66. The minimum absolute atomic E-state index is 0.169. The van der Waals surface area contributed by atoms with Crippen LogP contribution in [-0.4, -0.2) is 17.8 Å². The number of carbonyl (C=O) groups excluding carboxylic acids is 1. The largest absolute Gasteiger partial charge is 0.356 e. The van der Waals surface area contributed by atoms with Gasteiger partial charge in [0, 0.05) is 18.3 Å². The number of hydrogen-bond donors (Lipinski definition) is 1. The number of alkyl halides is 1. The molecule has 1 rings (SSSR count). The molecule has 1 N–H and O–H groups in total. The first kappa shape index (κ1) is 17.2. The smallest absolute Gasteiger partial charge is 0.220 e. The van der Waals surface area contributed by atoms with Gasteiger partial charge in [0.1, 0.15) is 0 Å². The second kappa shape index (κ2) is 9.98. The lowest BCUT2D eigenvalue weighted by molar-refractivity contribution is -0.121. The summed E-state index contributed by atoms with van der Waals surface area (Å²) in [7, 11) is 0. The highest BCUT2D eigenvalue weighted by Gasteiger charge is 2.09. The summed E-state index contributed by atoms with van der Waals surface area (Å²) in [6.45, 7) is 5.09. The van der Waals surface area contributed by atoms with Crippen molar-refractivity contribution in [3.63, 3.8) is 0 Å². The van der Waals surface area contributed by atoms with Crippen LogP contribution in [0.4, 0.5) is 0 Å². The van der Waals surface area contributed by atoms with E-state index in [1.807, 2.05) is 0 Å². The van der Waals surface area contributed by atoms with E-state index >= 15 is 0 Å². The van der Waals surface area contributed by atoms with Gasteiger partial charge in [-0.05, 0) is 37.7 Å². The van der Waals surface area contributed by atoms with Crippen LogP contribution in [0.1, 0.15) is 43.7 Å². The lowest BCUT2D eigenvalue weighted by atomic mass is 10.0. The Hall–Kier alpha value is -0.830. The van der Waals surface area contributed by atoms with Crippen LogP contribution < -0.4 is 5.32 Å². The van der Waals surface area contributed by atoms with Crippen molar-refractivity contribution in [3.05, 3.63) is 35.4 Å². The van der Waals surface area contributed by atoms with Gasteiger partial charge in [-0.25, -0.2) is 0 Å². The molecule has 0 aromatic heterocycles. The number of halogens is 1. The van der Waals surface area contributed by atoms with E-state index in [-0.39, 0.29) is 5.91 Å². The number of amides is 1. The SMILES string of the molecule is CCCC(CCBr)CNC(=O)CCc1cccc(C)c1. The third-order valence-corrected chi connectivity index (χ3v) is 3.98. The Kier molecular flexibility index (Phi) is 8.59. The van der Waals surface area contributed by atoms with E-state index in [1.165, 1.54) is 24.0 Å². The van der Waals surface area contributed by atoms with Crippen molar-refractivity contribution in [3.8, 4) is 0 Å². The van der Waals surface area contributed by atoms with E-state index in [2.05, 4.69) is 59.4 Å². The first-order valence-electron chi connectivity index (χ1n) is 7.54. The quantitative estimate of drug-likeness (QED) is 0.669. The summed E-state index contributed by atoms with van der Waals surface area (Å²) in [5.41, 5.74) is 2.49. The molecule has 3 heteroatoms. The van der Waals surface area contributed by atoms with E-state index in [4.69, 9.17) is 0 Å². The Labute approximate surface area is 131 Å². The van der Waals surface area contributed by atoms with Gasteiger partial charge in [0.2, 0.25) is 5.91 Å². The predicted molar refractivity (Wildman–Crippen MR) is 89.3 cm³/mol. The second-order valence-electron chi connectivity index (χ2n) is 5.43. The molecule has 0 radical (unpaired) electrons. The summed E-state index contributed by atoms with van der Waals surface area (Å²) in [4.78, 5) is 11.9. The summed E-state index contributed by atoms with van der Waals surface area (Å²) in [5, 5.41) is 4.09.